The van der Waals surface area contributed by atoms with Gasteiger partial charge in [-0.25, -0.2) is 9.98 Å². The van der Waals surface area contributed by atoms with E-state index in [9.17, 15) is 9.59 Å². The van der Waals surface area contributed by atoms with E-state index < -0.39 is 0 Å². The summed E-state index contributed by atoms with van der Waals surface area (Å²) in [6.07, 6.45) is 1.59. The summed E-state index contributed by atoms with van der Waals surface area (Å²) in [5.41, 5.74) is 2.40. The fraction of sp³-hybridized carbons (Fsp3) is 0.200. The molecule has 3 heterocycles. The van der Waals surface area contributed by atoms with Crippen molar-refractivity contribution >= 4 is 34.7 Å². The molecule has 3 aromatic rings. The highest BCUT2D eigenvalue weighted by molar-refractivity contribution is 6.18. The fourth-order valence-electron chi connectivity index (χ4n) is 3.82. The highest BCUT2D eigenvalue weighted by Gasteiger charge is 2.28. The van der Waals surface area contributed by atoms with Crippen molar-refractivity contribution in [3.63, 3.8) is 0 Å². The Kier molecular flexibility index (Phi) is 5.82. The van der Waals surface area contributed by atoms with E-state index in [0.717, 1.165) is 5.56 Å². The van der Waals surface area contributed by atoms with E-state index in [4.69, 9.17) is 19.2 Å². The van der Waals surface area contributed by atoms with Gasteiger partial charge in [-0.1, -0.05) is 12.1 Å². The first-order valence-electron chi connectivity index (χ1n) is 10.8. The number of benzene rings is 2. The molecule has 0 bridgehead atoms. The number of pyridine rings is 1. The van der Waals surface area contributed by atoms with Crippen LogP contribution in [0.4, 0.5) is 17.2 Å². The Morgan fingerprint density at radius 2 is 1.94 bits per heavy atom. The fourth-order valence-corrected chi connectivity index (χ4v) is 3.82. The molecule has 0 atom stereocenters. The molecule has 1 aromatic heterocycles. The van der Waals surface area contributed by atoms with E-state index >= 15 is 0 Å². The molecule has 9 heteroatoms. The van der Waals surface area contributed by atoms with E-state index in [1.54, 1.807) is 43.6 Å². The number of ether oxygens (including phenoxy) is 3. The van der Waals surface area contributed by atoms with Gasteiger partial charge in [0.25, 0.3) is 0 Å². The summed E-state index contributed by atoms with van der Waals surface area (Å²) in [6.45, 7) is 0.727. The summed E-state index contributed by atoms with van der Waals surface area (Å²) < 4.78 is 16.4. The van der Waals surface area contributed by atoms with Gasteiger partial charge in [0.1, 0.15) is 31.2 Å². The molecular weight excluding hydrogens is 436 g/mol. The third kappa shape index (κ3) is 4.40. The topological polar surface area (TPSA) is 102 Å². The molecule has 1 N–H and O–H groups in total. The number of hydrogen-bond donors (Lipinski definition) is 1. The van der Waals surface area contributed by atoms with Gasteiger partial charge in [0, 0.05) is 23.5 Å². The monoisotopic (exact) mass is 458 g/mol. The van der Waals surface area contributed by atoms with Gasteiger partial charge in [0.05, 0.1) is 19.2 Å². The number of fused-ring (bicyclic) bond motifs is 2. The van der Waals surface area contributed by atoms with Crippen LogP contribution in [0.15, 0.2) is 65.8 Å². The maximum Gasteiger partial charge on any atom is 0.244 e. The maximum atomic E-state index is 13.3. The van der Waals surface area contributed by atoms with Crippen molar-refractivity contribution < 1.29 is 23.8 Å². The summed E-state index contributed by atoms with van der Waals surface area (Å²) in [4.78, 5) is 36.6. The van der Waals surface area contributed by atoms with Crippen LogP contribution in [0, 0.1) is 0 Å². The molecule has 0 unspecified atom stereocenters. The van der Waals surface area contributed by atoms with Crippen molar-refractivity contribution in [2.45, 2.75) is 6.42 Å². The average Bonchev–Trinajstić information content (AvgIpc) is 3.00. The van der Waals surface area contributed by atoms with Crippen LogP contribution in [0.25, 0.3) is 0 Å². The van der Waals surface area contributed by atoms with Crippen molar-refractivity contribution in [2.24, 2.45) is 4.99 Å². The van der Waals surface area contributed by atoms with Crippen LogP contribution in [0.5, 0.6) is 17.2 Å². The summed E-state index contributed by atoms with van der Waals surface area (Å²) in [7, 11) is 1.58. The van der Waals surface area contributed by atoms with Crippen LogP contribution in [0.2, 0.25) is 0 Å². The number of anilines is 2. The zero-order chi connectivity index (χ0) is 23.5. The Hall–Kier alpha value is -4.40. The lowest BCUT2D eigenvalue weighted by Crippen LogP contribution is -2.39. The van der Waals surface area contributed by atoms with Crippen LogP contribution in [-0.2, 0) is 9.59 Å². The Labute approximate surface area is 196 Å². The second-order valence-corrected chi connectivity index (χ2v) is 7.70. The van der Waals surface area contributed by atoms with Crippen LogP contribution in [0.1, 0.15) is 12.0 Å². The Balaban J connectivity index is 1.38. The molecule has 2 amide bonds. The number of amides is 2. The van der Waals surface area contributed by atoms with Crippen LogP contribution < -0.4 is 24.4 Å². The molecule has 2 aliphatic rings. The van der Waals surface area contributed by atoms with Crippen LogP contribution in [-0.4, -0.2) is 49.4 Å². The Morgan fingerprint density at radius 1 is 1.09 bits per heavy atom. The largest absolute Gasteiger partial charge is 0.497 e. The van der Waals surface area contributed by atoms with Crippen molar-refractivity contribution in [1.29, 1.82) is 0 Å². The number of aromatic nitrogens is 1. The van der Waals surface area contributed by atoms with Gasteiger partial charge in [-0.15, -0.1) is 0 Å². The lowest BCUT2D eigenvalue weighted by Gasteiger charge is -2.21. The van der Waals surface area contributed by atoms with E-state index in [1.165, 1.54) is 4.90 Å². The minimum Gasteiger partial charge on any atom is -0.497 e. The number of aliphatic imine (C=N–C) groups is 1. The van der Waals surface area contributed by atoms with E-state index in [0.29, 0.717) is 53.4 Å². The molecule has 0 aliphatic carbocycles. The second-order valence-electron chi connectivity index (χ2n) is 7.70. The van der Waals surface area contributed by atoms with Gasteiger partial charge in [-0.05, 0) is 36.4 Å². The minimum absolute atomic E-state index is 0.0147. The molecule has 172 valence electrons. The molecule has 2 aliphatic heterocycles. The highest BCUT2D eigenvalue weighted by Crippen LogP contribution is 2.33. The maximum absolute atomic E-state index is 13.3. The molecule has 5 rings (SSSR count). The molecule has 0 fully saturated rings. The van der Waals surface area contributed by atoms with Crippen molar-refractivity contribution in [3.8, 4) is 17.2 Å². The predicted molar refractivity (Wildman–Crippen MR) is 126 cm³/mol. The number of carbonyl (C=O) groups is 2. The van der Waals surface area contributed by atoms with E-state index in [1.807, 2.05) is 24.3 Å². The zero-order valence-corrected chi connectivity index (χ0v) is 18.5. The average molecular weight is 458 g/mol. The smallest absolute Gasteiger partial charge is 0.244 e. The molecule has 34 heavy (non-hydrogen) atoms. The summed E-state index contributed by atoms with van der Waals surface area (Å²) >= 11 is 0. The number of nitrogens with zero attached hydrogens (tertiary/aromatic N) is 3. The van der Waals surface area contributed by atoms with E-state index in [2.05, 4.69) is 10.3 Å². The summed E-state index contributed by atoms with van der Waals surface area (Å²) in [5.74, 6) is 1.55. The molecule has 0 radical (unpaired) electrons. The van der Waals surface area contributed by atoms with Gasteiger partial charge < -0.3 is 19.5 Å². The van der Waals surface area contributed by atoms with Crippen LogP contribution >= 0.6 is 0 Å². The third-order valence-electron chi connectivity index (χ3n) is 5.43. The summed E-state index contributed by atoms with van der Waals surface area (Å²) in [5, 5.41) is 2.82. The molecule has 2 aromatic carbocycles. The molecule has 0 saturated heterocycles. The van der Waals surface area contributed by atoms with Gasteiger partial charge in [0.2, 0.25) is 11.8 Å². The normalized spacial score (nSPS) is 14.6. The number of methoxy groups -OCH3 is 1. The first-order chi connectivity index (χ1) is 16.6. The zero-order valence-electron chi connectivity index (χ0n) is 18.5. The summed E-state index contributed by atoms with van der Waals surface area (Å²) in [6, 6.07) is 16.1. The number of nitrogens with one attached hydrogen (secondary N) is 1. The van der Waals surface area contributed by atoms with Crippen molar-refractivity contribution in [1.82, 2.24) is 4.98 Å². The SMILES string of the molecule is COc1cccc(C2=Nc3cccnc3N(CC(=O)Nc3ccc4c(c3)OCCO4)C(=O)C2)c1. The van der Waals surface area contributed by atoms with E-state index in [-0.39, 0.29) is 24.8 Å². The number of hydrogen-bond acceptors (Lipinski definition) is 7. The lowest BCUT2D eigenvalue weighted by molar-refractivity contribution is -0.120. The quantitative estimate of drug-likeness (QED) is 0.629. The standard InChI is InChI=1S/C25H22N4O5/c1-32-18-5-2-4-16(12-18)20-14-24(31)29(25-19(28-20)6-3-9-26-25)15-23(30)27-17-7-8-21-22(13-17)34-11-10-33-21/h2-9,12-13H,10-11,14-15H2,1H3,(H,27,30). The number of carbonyl (C=O) groups excluding carboxylic acids is 2. The lowest BCUT2D eigenvalue weighted by atomic mass is 10.1. The van der Waals surface area contributed by atoms with Crippen LogP contribution in [0.3, 0.4) is 0 Å². The highest BCUT2D eigenvalue weighted by atomic mass is 16.6. The second kappa shape index (κ2) is 9.22. The molecule has 0 spiro atoms. The van der Waals surface area contributed by atoms with Gasteiger partial charge in [0.15, 0.2) is 17.3 Å². The molecule has 9 nitrogen and oxygen atoms in total. The van der Waals surface area contributed by atoms with Crippen molar-refractivity contribution in [3.05, 3.63) is 66.4 Å². The molecular formula is C25H22N4O5. The van der Waals surface area contributed by atoms with Crippen molar-refractivity contribution in [2.75, 3.05) is 37.1 Å². The first-order valence-corrected chi connectivity index (χ1v) is 10.8. The Morgan fingerprint density at radius 3 is 2.79 bits per heavy atom. The van der Waals surface area contributed by atoms with Gasteiger partial charge in [-0.2, -0.15) is 0 Å². The molecule has 0 saturated carbocycles. The van der Waals surface area contributed by atoms with Gasteiger partial charge >= 0.3 is 0 Å². The number of rotatable bonds is 5. The first kappa shape index (κ1) is 21.4. The third-order valence-corrected chi connectivity index (χ3v) is 5.43. The predicted octanol–water partition coefficient (Wildman–Crippen LogP) is 3.36. The Bertz CT molecular complexity index is 1290. The minimum atomic E-state index is -0.369. The van der Waals surface area contributed by atoms with Gasteiger partial charge in [-0.3, -0.25) is 14.5 Å².